The molecular weight excluding hydrogens is 199 g/mol. The number of fused-ring (bicyclic) bond motifs is 1. The Morgan fingerprint density at radius 1 is 1.36 bits per heavy atom. The number of amides is 1. The molecule has 0 saturated carbocycles. The zero-order valence-corrected chi connectivity index (χ0v) is 8.20. The van der Waals surface area contributed by atoms with Crippen molar-refractivity contribution < 1.29 is 15.1 Å². The van der Waals surface area contributed by atoms with Gasteiger partial charge < -0.3 is 0 Å². The summed E-state index contributed by atoms with van der Waals surface area (Å²) in [6.45, 7) is 0. The number of aromatic nitrogens is 1. The Bertz CT molecular complexity index is 519. The minimum atomic E-state index is -0.329. The van der Waals surface area contributed by atoms with Gasteiger partial charge in [0.25, 0.3) is 8.61 Å². The molecule has 0 saturated heterocycles. The lowest BCUT2D eigenvalue weighted by Crippen LogP contribution is -2.57. The fourth-order valence-electron chi connectivity index (χ4n) is 1.43. The van der Waals surface area contributed by atoms with Gasteiger partial charge >= 0.3 is 5.91 Å². The van der Waals surface area contributed by atoms with E-state index in [-0.39, 0.29) is 14.5 Å². The summed E-state index contributed by atoms with van der Waals surface area (Å²) in [6, 6.07) is 9.07. The molecular formula is C9H8N2O2P+. The maximum atomic E-state index is 11.1. The van der Waals surface area contributed by atoms with E-state index < -0.39 is 0 Å². The fraction of sp³-hybridized carbons (Fsp3) is 0. The summed E-state index contributed by atoms with van der Waals surface area (Å²) >= 11 is 0. The summed E-state index contributed by atoms with van der Waals surface area (Å²) in [7, 11) is -0.214. The molecule has 0 aliphatic carbocycles. The number of rotatable bonds is 2. The van der Waals surface area contributed by atoms with Crippen LogP contribution in [0.2, 0.25) is 0 Å². The van der Waals surface area contributed by atoms with Gasteiger partial charge in [0.05, 0.1) is 5.52 Å². The number of benzene rings is 1. The molecule has 2 rings (SSSR count). The molecule has 0 bridgehead atoms. The van der Waals surface area contributed by atoms with E-state index in [4.69, 9.17) is 0 Å². The van der Waals surface area contributed by atoms with E-state index in [1.54, 1.807) is 6.07 Å². The Morgan fingerprint density at radius 2 is 2.07 bits per heavy atom. The van der Waals surface area contributed by atoms with Crippen molar-refractivity contribution in [1.82, 2.24) is 4.34 Å². The van der Waals surface area contributed by atoms with Crippen LogP contribution in [0, 0.1) is 0 Å². The Morgan fingerprint density at radius 3 is 2.71 bits per heavy atom. The van der Waals surface area contributed by atoms with Gasteiger partial charge in [-0.2, -0.15) is 0 Å². The molecule has 0 atom stereocenters. The van der Waals surface area contributed by atoms with Gasteiger partial charge in [-0.1, -0.05) is 18.2 Å². The molecule has 5 heteroatoms. The third-order valence-electron chi connectivity index (χ3n) is 2.05. The monoisotopic (exact) mass is 207 g/mol. The largest absolute Gasteiger partial charge is 0.358 e. The van der Waals surface area contributed by atoms with Crippen LogP contribution in [0.1, 0.15) is 10.5 Å². The molecule has 1 amide bonds. The van der Waals surface area contributed by atoms with Gasteiger partial charge in [-0.25, -0.2) is 13.7 Å². The van der Waals surface area contributed by atoms with Crippen molar-refractivity contribution in [3.05, 3.63) is 36.0 Å². The number of quaternary nitrogens is 1. The molecule has 0 fully saturated rings. The molecule has 2 aromatic rings. The summed E-state index contributed by atoms with van der Waals surface area (Å²) in [4.78, 5) is 11.1. The first-order valence-corrected chi connectivity index (χ1v) is 4.81. The predicted octanol–water partition coefficient (Wildman–Crippen LogP) is 1.08. The number of nitrogens with zero attached hydrogens (tertiary/aromatic N) is 1. The van der Waals surface area contributed by atoms with Crippen LogP contribution in [0.5, 0.6) is 0 Å². The maximum absolute atomic E-state index is 11.1. The second-order valence-corrected chi connectivity index (χ2v) is 3.47. The van der Waals surface area contributed by atoms with E-state index in [0.717, 1.165) is 10.9 Å². The van der Waals surface area contributed by atoms with E-state index in [9.17, 15) is 9.36 Å². The highest BCUT2D eigenvalue weighted by Crippen LogP contribution is 2.23. The van der Waals surface area contributed by atoms with Crippen LogP contribution < -0.4 is 5.73 Å². The molecule has 0 aliphatic rings. The summed E-state index contributed by atoms with van der Waals surface area (Å²) in [6.07, 6.45) is 0. The Balaban J connectivity index is 2.85. The smallest absolute Gasteiger partial charge is 0.289 e. The maximum Gasteiger partial charge on any atom is 0.358 e. The average Bonchev–Trinajstić information content (AvgIpc) is 2.56. The van der Waals surface area contributed by atoms with Crippen LogP contribution in [0.25, 0.3) is 10.9 Å². The van der Waals surface area contributed by atoms with E-state index in [1.165, 1.54) is 4.34 Å². The lowest BCUT2D eigenvalue weighted by Gasteiger charge is -1.93. The SMILES string of the molecule is [NH3+]C(=O)c1cc2ccccc2n1P=O. The molecule has 0 radical (unpaired) electrons. The summed E-state index contributed by atoms with van der Waals surface area (Å²) < 4.78 is 12.3. The quantitative estimate of drug-likeness (QED) is 0.748. The van der Waals surface area contributed by atoms with Gasteiger partial charge in [0.15, 0.2) is 5.69 Å². The number of para-hydroxylation sites is 1. The van der Waals surface area contributed by atoms with Gasteiger partial charge in [0.2, 0.25) is 0 Å². The van der Waals surface area contributed by atoms with Crippen molar-refractivity contribution in [2.24, 2.45) is 0 Å². The molecule has 0 unspecified atom stereocenters. The highest BCUT2D eigenvalue weighted by atomic mass is 31.1. The van der Waals surface area contributed by atoms with Crippen molar-refractivity contribution >= 4 is 25.4 Å². The van der Waals surface area contributed by atoms with Crippen LogP contribution in [0.15, 0.2) is 30.3 Å². The third kappa shape index (κ3) is 1.25. The molecule has 3 N–H and O–H groups in total. The van der Waals surface area contributed by atoms with Crippen LogP contribution in [-0.2, 0) is 4.57 Å². The third-order valence-corrected chi connectivity index (χ3v) is 2.65. The Hall–Kier alpha value is -1.51. The highest BCUT2D eigenvalue weighted by Gasteiger charge is 2.14. The number of carbonyl (C=O) groups excluding carboxylic acids is 1. The fourth-order valence-corrected chi connectivity index (χ4v) is 1.95. The topological polar surface area (TPSA) is 66.7 Å². The minimum absolute atomic E-state index is 0.214. The first-order valence-electron chi connectivity index (χ1n) is 4.04. The molecule has 1 aromatic carbocycles. The van der Waals surface area contributed by atoms with Crippen molar-refractivity contribution in [2.45, 2.75) is 0 Å². The zero-order chi connectivity index (χ0) is 10.1. The summed E-state index contributed by atoms with van der Waals surface area (Å²) in [5, 5.41) is 0.892. The van der Waals surface area contributed by atoms with E-state index in [1.807, 2.05) is 24.3 Å². The summed E-state index contributed by atoms with van der Waals surface area (Å²) in [5.41, 5.74) is 4.45. The number of hydrogen-bond acceptors (Lipinski definition) is 2. The van der Waals surface area contributed by atoms with Crippen molar-refractivity contribution in [3.8, 4) is 0 Å². The molecule has 4 nitrogen and oxygen atoms in total. The van der Waals surface area contributed by atoms with E-state index >= 15 is 0 Å². The zero-order valence-electron chi connectivity index (χ0n) is 7.30. The number of carbonyl (C=O) groups is 1. The molecule has 1 aromatic heterocycles. The lowest BCUT2D eigenvalue weighted by atomic mass is 10.2. The van der Waals surface area contributed by atoms with Gasteiger partial charge in [0, 0.05) is 5.39 Å². The normalized spacial score (nSPS) is 10.9. The standard InChI is InChI=1S/C9H7N2O2P/c10-9(12)8-5-6-3-1-2-4-7(6)11(8)14-13/h1-5H,(H2,10,12)/p+1. The second kappa shape index (κ2) is 3.33. The van der Waals surface area contributed by atoms with E-state index in [2.05, 4.69) is 5.73 Å². The van der Waals surface area contributed by atoms with Gasteiger partial charge in [-0.3, -0.25) is 5.73 Å². The number of hydrogen-bond donors (Lipinski definition) is 1. The molecule has 0 aliphatic heterocycles. The van der Waals surface area contributed by atoms with Crippen LogP contribution in [0.3, 0.4) is 0 Å². The highest BCUT2D eigenvalue weighted by molar-refractivity contribution is 7.22. The van der Waals surface area contributed by atoms with Gasteiger partial charge in [0.1, 0.15) is 0 Å². The molecule has 14 heavy (non-hydrogen) atoms. The van der Waals surface area contributed by atoms with Crippen LogP contribution in [-0.4, -0.2) is 10.2 Å². The minimum Gasteiger partial charge on any atom is -0.289 e. The average molecular weight is 207 g/mol. The lowest BCUT2D eigenvalue weighted by molar-refractivity contribution is -0.255. The first-order chi connectivity index (χ1) is 6.74. The molecule has 0 spiro atoms. The van der Waals surface area contributed by atoms with Crippen molar-refractivity contribution in [2.75, 3.05) is 0 Å². The van der Waals surface area contributed by atoms with Crippen LogP contribution in [0.4, 0.5) is 0 Å². The Kier molecular flexibility index (Phi) is 2.15. The van der Waals surface area contributed by atoms with Crippen molar-refractivity contribution in [3.63, 3.8) is 0 Å². The molecule has 70 valence electrons. The Labute approximate surface area is 81.6 Å². The summed E-state index contributed by atoms with van der Waals surface area (Å²) in [5.74, 6) is -0.329. The van der Waals surface area contributed by atoms with Crippen molar-refractivity contribution in [1.29, 1.82) is 0 Å². The predicted molar refractivity (Wildman–Crippen MR) is 52.2 cm³/mol. The van der Waals surface area contributed by atoms with Crippen LogP contribution >= 0.6 is 8.61 Å². The second-order valence-electron chi connectivity index (χ2n) is 2.91. The van der Waals surface area contributed by atoms with Gasteiger partial charge in [-0.05, 0) is 12.1 Å². The van der Waals surface area contributed by atoms with E-state index in [0.29, 0.717) is 5.69 Å². The first kappa shape index (κ1) is 9.06. The van der Waals surface area contributed by atoms with Gasteiger partial charge in [-0.15, -0.1) is 0 Å². The molecule has 1 heterocycles.